The van der Waals surface area contributed by atoms with Crippen LogP contribution in [0.2, 0.25) is 0 Å². The van der Waals surface area contributed by atoms with Gasteiger partial charge in [-0.15, -0.1) is 0 Å². The van der Waals surface area contributed by atoms with Crippen molar-refractivity contribution in [2.45, 2.75) is 38.9 Å². The third kappa shape index (κ3) is 4.75. The molecule has 14 heavy (non-hydrogen) atoms. The minimum Gasteiger partial charge on any atom is -0.353 e. The van der Waals surface area contributed by atoms with E-state index in [0.717, 1.165) is 26.1 Å². The van der Waals surface area contributed by atoms with Crippen molar-refractivity contribution in [1.82, 2.24) is 0 Å². The Morgan fingerprint density at radius 2 is 2.43 bits per heavy atom. The van der Waals surface area contributed by atoms with Gasteiger partial charge >= 0.3 is 0 Å². The van der Waals surface area contributed by atoms with Crippen LogP contribution >= 0.6 is 22.6 Å². The molecule has 3 heteroatoms. The van der Waals surface area contributed by atoms with Crippen LogP contribution in [-0.2, 0) is 9.47 Å². The number of halogens is 1. The van der Waals surface area contributed by atoms with E-state index in [0.29, 0.717) is 5.92 Å². The molecule has 0 aromatic heterocycles. The van der Waals surface area contributed by atoms with Crippen molar-refractivity contribution in [1.29, 1.82) is 0 Å². The highest BCUT2D eigenvalue weighted by Gasteiger charge is 2.14. The van der Waals surface area contributed by atoms with E-state index in [9.17, 15) is 0 Å². The summed E-state index contributed by atoms with van der Waals surface area (Å²) in [6.45, 7) is 7.75. The number of ether oxygens (including phenoxy) is 2. The Hall–Kier alpha value is 0.390. The molecule has 0 aromatic rings. The van der Waals surface area contributed by atoms with Gasteiger partial charge < -0.3 is 9.47 Å². The molecular weight excluding hydrogens is 291 g/mol. The summed E-state index contributed by atoms with van der Waals surface area (Å²) in [7, 11) is 0. The van der Waals surface area contributed by atoms with Crippen LogP contribution in [0.5, 0.6) is 0 Å². The lowest BCUT2D eigenvalue weighted by Gasteiger charge is -2.23. The maximum atomic E-state index is 5.64. The Labute approximate surface area is 100 Å². The summed E-state index contributed by atoms with van der Waals surface area (Å²) in [6.07, 6.45) is 4.57. The molecule has 0 radical (unpaired) electrons. The molecule has 82 valence electrons. The first kappa shape index (κ1) is 12.5. The lowest BCUT2D eigenvalue weighted by molar-refractivity contribution is -0.163. The van der Waals surface area contributed by atoms with Crippen molar-refractivity contribution in [3.8, 4) is 0 Å². The molecule has 0 spiro atoms. The molecule has 0 bridgehead atoms. The van der Waals surface area contributed by atoms with E-state index in [4.69, 9.17) is 9.47 Å². The summed E-state index contributed by atoms with van der Waals surface area (Å²) >= 11 is 2.28. The standard InChI is InChI=1S/C11H19IO2/c1-9(10(2)12)6-8-14-11-5-3-4-7-13-11/h9,11H,2-8H2,1H3/t9-,11?/m1/s1. The highest BCUT2D eigenvalue weighted by Crippen LogP contribution is 2.20. The first-order valence-electron chi connectivity index (χ1n) is 5.27. The molecule has 0 amide bonds. The summed E-state index contributed by atoms with van der Waals surface area (Å²) < 4.78 is 12.3. The summed E-state index contributed by atoms with van der Waals surface area (Å²) in [4.78, 5) is 0. The van der Waals surface area contributed by atoms with E-state index in [1.165, 1.54) is 16.4 Å². The molecule has 1 heterocycles. The molecule has 0 saturated carbocycles. The fourth-order valence-corrected chi connectivity index (χ4v) is 1.69. The molecule has 0 aromatic carbocycles. The number of allylic oxidation sites excluding steroid dienone is 1. The zero-order chi connectivity index (χ0) is 10.4. The van der Waals surface area contributed by atoms with Crippen molar-refractivity contribution in [2.75, 3.05) is 13.2 Å². The van der Waals surface area contributed by atoms with Gasteiger partial charge in [-0.25, -0.2) is 0 Å². The summed E-state index contributed by atoms with van der Waals surface area (Å²) in [5.41, 5.74) is 0. The van der Waals surface area contributed by atoms with Crippen LogP contribution in [0.15, 0.2) is 10.2 Å². The Balaban J connectivity index is 2.05. The third-order valence-electron chi connectivity index (χ3n) is 2.53. The molecule has 1 aliphatic heterocycles. The normalized spacial score (nSPS) is 24.6. The second-order valence-corrected chi connectivity index (χ2v) is 5.19. The van der Waals surface area contributed by atoms with E-state index in [1.54, 1.807) is 0 Å². The van der Waals surface area contributed by atoms with E-state index in [1.807, 2.05) is 0 Å². The van der Waals surface area contributed by atoms with Gasteiger partial charge in [-0.1, -0.05) is 13.5 Å². The summed E-state index contributed by atoms with van der Waals surface area (Å²) in [5.74, 6) is 0.541. The van der Waals surface area contributed by atoms with Crippen molar-refractivity contribution >= 4 is 22.6 Å². The third-order valence-corrected chi connectivity index (χ3v) is 3.59. The molecule has 1 aliphatic rings. The van der Waals surface area contributed by atoms with Crippen LogP contribution in [-0.4, -0.2) is 19.5 Å². The van der Waals surface area contributed by atoms with E-state index in [2.05, 4.69) is 36.1 Å². The highest BCUT2D eigenvalue weighted by molar-refractivity contribution is 14.1. The summed E-state index contributed by atoms with van der Waals surface area (Å²) in [6, 6.07) is 0. The maximum absolute atomic E-state index is 5.64. The quantitative estimate of drug-likeness (QED) is 0.724. The van der Waals surface area contributed by atoms with Crippen molar-refractivity contribution in [2.24, 2.45) is 5.92 Å². The largest absolute Gasteiger partial charge is 0.353 e. The first-order chi connectivity index (χ1) is 6.70. The highest BCUT2D eigenvalue weighted by atomic mass is 127. The predicted octanol–water partition coefficient (Wildman–Crippen LogP) is 3.50. The lowest BCUT2D eigenvalue weighted by Crippen LogP contribution is -2.23. The van der Waals surface area contributed by atoms with Gasteiger partial charge in [-0.3, -0.25) is 0 Å². The monoisotopic (exact) mass is 310 g/mol. The lowest BCUT2D eigenvalue weighted by atomic mass is 10.1. The van der Waals surface area contributed by atoms with Gasteiger partial charge in [0.1, 0.15) is 0 Å². The zero-order valence-electron chi connectivity index (χ0n) is 8.80. The molecule has 1 fully saturated rings. The maximum Gasteiger partial charge on any atom is 0.157 e. The minimum atomic E-state index is 0.0541. The second kappa shape index (κ2) is 6.80. The van der Waals surface area contributed by atoms with Gasteiger partial charge in [-0.2, -0.15) is 0 Å². The Kier molecular flexibility index (Phi) is 6.05. The van der Waals surface area contributed by atoms with E-state index >= 15 is 0 Å². The topological polar surface area (TPSA) is 18.5 Å². The summed E-state index contributed by atoms with van der Waals surface area (Å²) in [5, 5.41) is 0. The minimum absolute atomic E-state index is 0.0541. The van der Waals surface area contributed by atoms with Crippen molar-refractivity contribution in [3.05, 3.63) is 10.2 Å². The van der Waals surface area contributed by atoms with E-state index in [-0.39, 0.29) is 6.29 Å². The molecule has 2 atom stereocenters. The molecule has 1 rings (SSSR count). The number of hydrogen-bond donors (Lipinski definition) is 0. The zero-order valence-corrected chi connectivity index (χ0v) is 11.0. The molecule has 0 aliphatic carbocycles. The SMILES string of the molecule is C=C(I)[C@H](C)CCOC1CCCCO1. The van der Waals surface area contributed by atoms with Gasteiger partial charge in [0.15, 0.2) is 6.29 Å². The van der Waals surface area contributed by atoms with Gasteiger partial charge in [0.2, 0.25) is 0 Å². The number of hydrogen-bond acceptors (Lipinski definition) is 2. The smallest absolute Gasteiger partial charge is 0.157 e. The fraction of sp³-hybridized carbons (Fsp3) is 0.818. The molecule has 0 N–H and O–H groups in total. The molecule has 2 nitrogen and oxygen atoms in total. The molecule has 1 saturated heterocycles. The van der Waals surface area contributed by atoms with Crippen LogP contribution in [0, 0.1) is 5.92 Å². The average molecular weight is 310 g/mol. The van der Waals surface area contributed by atoms with Crippen molar-refractivity contribution in [3.63, 3.8) is 0 Å². The van der Waals surface area contributed by atoms with Gasteiger partial charge in [-0.05, 0) is 57.8 Å². The Morgan fingerprint density at radius 3 is 3.00 bits per heavy atom. The second-order valence-electron chi connectivity index (χ2n) is 3.80. The van der Waals surface area contributed by atoms with Gasteiger partial charge in [0.05, 0.1) is 6.61 Å². The Morgan fingerprint density at radius 1 is 1.64 bits per heavy atom. The molecule has 1 unspecified atom stereocenters. The van der Waals surface area contributed by atoms with Crippen LogP contribution in [0.25, 0.3) is 0 Å². The van der Waals surface area contributed by atoms with Crippen LogP contribution in [0.1, 0.15) is 32.6 Å². The van der Waals surface area contributed by atoms with Crippen molar-refractivity contribution < 1.29 is 9.47 Å². The van der Waals surface area contributed by atoms with Crippen LogP contribution < -0.4 is 0 Å². The van der Waals surface area contributed by atoms with Gasteiger partial charge in [0.25, 0.3) is 0 Å². The predicted molar refractivity (Wildman–Crippen MR) is 66.5 cm³/mol. The van der Waals surface area contributed by atoms with Crippen LogP contribution in [0.3, 0.4) is 0 Å². The average Bonchev–Trinajstić information content (AvgIpc) is 2.19. The van der Waals surface area contributed by atoms with Crippen LogP contribution in [0.4, 0.5) is 0 Å². The fourth-order valence-electron chi connectivity index (χ4n) is 1.38. The number of rotatable bonds is 5. The van der Waals surface area contributed by atoms with E-state index < -0.39 is 0 Å². The molecular formula is C11H19IO2. The first-order valence-corrected chi connectivity index (χ1v) is 6.35. The Bertz CT molecular complexity index is 176. The van der Waals surface area contributed by atoms with Gasteiger partial charge in [0, 0.05) is 6.61 Å².